The number of hydrogen-bond donors (Lipinski definition) is 1. The standard InChI is InChI=1S/C22H22F2N4OS/c23-17-7-6-15(12-18(17)24)13-28-10-3-4-16(14-28)20(22-26-9-11-30-22)27-21(29)19-5-1-2-8-25-19/h1-2,5-9,11-12,16,20H,3-4,10,13-14H2,(H,27,29)/t16-,20-/m1/s1. The lowest BCUT2D eigenvalue weighted by Gasteiger charge is -2.36. The van der Waals surface area contributed by atoms with Gasteiger partial charge in [0, 0.05) is 30.9 Å². The number of likely N-dealkylation sites (tertiary alicyclic amines) is 1. The van der Waals surface area contributed by atoms with E-state index in [4.69, 9.17) is 0 Å². The fourth-order valence-corrected chi connectivity index (χ4v) is 4.67. The van der Waals surface area contributed by atoms with Gasteiger partial charge in [0.25, 0.3) is 5.91 Å². The number of rotatable bonds is 6. The molecule has 1 aliphatic rings. The number of halogens is 2. The normalized spacial score (nSPS) is 18.1. The molecule has 0 spiro atoms. The summed E-state index contributed by atoms with van der Waals surface area (Å²) in [4.78, 5) is 23.5. The van der Waals surface area contributed by atoms with Crippen molar-refractivity contribution in [2.45, 2.75) is 25.4 Å². The van der Waals surface area contributed by atoms with Gasteiger partial charge in [-0.2, -0.15) is 0 Å². The first-order valence-corrected chi connectivity index (χ1v) is 10.8. The fourth-order valence-electron chi connectivity index (χ4n) is 3.88. The molecule has 1 aromatic carbocycles. The number of amides is 1. The van der Waals surface area contributed by atoms with Gasteiger partial charge in [0.15, 0.2) is 11.6 Å². The summed E-state index contributed by atoms with van der Waals surface area (Å²) < 4.78 is 26.8. The maximum absolute atomic E-state index is 13.6. The molecule has 4 rings (SSSR count). The van der Waals surface area contributed by atoms with Crippen LogP contribution in [0, 0.1) is 17.6 Å². The van der Waals surface area contributed by atoms with Crippen LogP contribution in [-0.4, -0.2) is 33.9 Å². The first-order valence-electron chi connectivity index (χ1n) is 9.87. The van der Waals surface area contributed by atoms with Crippen molar-refractivity contribution < 1.29 is 13.6 Å². The van der Waals surface area contributed by atoms with E-state index in [1.54, 1.807) is 36.7 Å². The fraction of sp³-hybridized carbons (Fsp3) is 0.318. The van der Waals surface area contributed by atoms with Crippen molar-refractivity contribution in [1.29, 1.82) is 0 Å². The van der Waals surface area contributed by atoms with Gasteiger partial charge in [-0.3, -0.25) is 14.7 Å². The Bertz CT molecular complexity index is 984. The van der Waals surface area contributed by atoms with Crippen molar-refractivity contribution in [3.63, 3.8) is 0 Å². The highest BCUT2D eigenvalue weighted by molar-refractivity contribution is 7.09. The molecule has 156 valence electrons. The first-order chi connectivity index (χ1) is 14.6. The summed E-state index contributed by atoms with van der Waals surface area (Å²) in [5.41, 5.74) is 1.10. The van der Waals surface area contributed by atoms with Gasteiger partial charge in [0.2, 0.25) is 0 Å². The highest BCUT2D eigenvalue weighted by atomic mass is 32.1. The molecule has 5 nitrogen and oxygen atoms in total. The molecule has 3 aromatic rings. The van der Waals surface area contributed by atoms with E-state index in [1.807, 2.05) is 5.38 Å². The summed E-state index contributed by atoms with van der Waals surface area (Å²) in [7, 11) is 0. The maximum Gasteiger partial charge on any atom is 0.270 e. The minimum absolute atomic E-state index is 0.155. The van der Waals surface area contributed by atoms with E-state index in [0.29, 0.717) is 12.2 Å². The second-order valence-electron chi connectivity index (χ2n) is 7.42. The van der Waals surface area contributed by atoms with E-state index < -0.39 is 11.6 Å². The number of carbonyl (C=O) groups excluding carboxylic acids is 1. The molecule has 0 unspecified atom stereocenters. The van der Waals surface area contributed by atoms with Crippen molar-refractivity contribution in [2.75, 3.05) is 13.1 Å². The third-order valence-corrected chi connectivity index (χ3v) is 6.16. The number of thiazole rings is 1. The molecule has 1 amide bonds. The number of nitrogens with one attached hydrogen (secondary N) is 1. The van der Waals surface area contributed by atoms with Crippen molar-refractivity contribution in [3.05, 3.63) is 82.1 Å². The lowest BCUT2D eigenvalue weighted by molar-refractivity contribution is 0.0873. The molecule has 2 aromatic heterocycles. The SMILES string of the molecule is O=C(N[C@@H](c1nccs1)[C@@H]1CCCN(Cc2ccc(F)c(F)c2)C1)c1ccccn1. The molecule has 0 aliphatic carbocycles. The zero-order valence-corrected chi connectivity index (χ0v) is 17.1. The van der Waals surface area contributed by atoms with Gasteiger partial charge in [-0.1, -0.05) is 12.1 Å². The number of nitrogens with zero attached hydrogens (tertiary/aromatic N) is 3. The Labute approximate surface area is 177 Å². The van der Waals surface area contributed by atoms with Crippen molar-refractivity contribution in [2.24, 2.45) is 5.92 Å². The average Bonchev–Trinajstić information content (AvgIpc) is 3.30. The van der Waals surface area contributed by atoms with Crippen LogP contribution in [0.15, 0.2) is 54.2 Å². The summed E-state index contributed by atoms with van der Waals surface area (Å²) in [5, 5.41) is 5.88. The lowest BCUT2D eigenvalue weighted by Crippen LogP contribution is -2.42. The average molecular weight is 429 g/mol. The zero-order valence-electron chi connectivity index (χ0n) is 16.3. The Kier molecular flexibility index (Phi) is 6.44. The highest BCUT2D eigenvalue weighted by Gasteiger charge is 2.31. The van der Waals surface area contributed by atoms with E-state index in [1.165, 1.54) is 17.4 Å². The third-order valence-electron chi connectivity index (χ3n) is 5.31. The zero-order chi connectivity index (χ0) is 20.9. The maximum atomic E-state index is 13.6. The highest BCUT2D eigenvalue weighted by Crippen LogP contribution is 2.32. The Morgan fingerprint density at radius 3 is 2.83 bits per heavy atom. The molecule has 0 radical (unpaired) electrons. The molecular weight excluding hydrogens is 406 g/mol. The summed E-state index contributed by atoms with van der Waals surface area (Å²) in [6.07, 6.45) is 5.23. The summed E-state index contributed by atoms with van der Waals surface area (Å²) in [6, 6.07) is 9.04. The van der Waals surface area contributed by atoms with Crippen molar-refractivity contribution in [3.8, 4) is 0 Å². The van der Waals surface area contributed by atoms with Crippen LogP contribution < -0.4 is 5.32 Å². The Hall–Kier alpha value is -2.71. The molecule has 2 atom stereocenters. The van der Waals surface area contributed by atoms with Crippen molar-refractivity contribution in [1.82, 2.24) is 20.2 Å². The van der Waals surface area contributed by atoms with Gasteiger partial charge in [-0.25, -0.2) is 13.8 Å². The predicted octanol–water partition coefficient (Wildman–Crippen LogP) is 4.20. The molecule has 3 heterocycles. The Morgan fingerprint density at radius 1 is 1.20 bits per heavy atom. The van der Waals surface area contributed by atoms with Crippen LogP contribution in [0.3, 0.4) is 0 Å². The van der Waals surface area contributed by atoms with Gasteiger partial charge < -0.3 is 5.32 Å². The van der Waals surface area contributed by atoms with Gasteiger partial charge in [0.1, 0.15) is 10.7 Å². The van der Waals surface area contributed by atoms with Crippen LogP contribution >= 0.6 is 11.3 Å². The number of carbonyl (C=O) groups is 1. The van der Waals surface area contributed by atoms with E-state index in [9.17, 15) is 13.6 Å². The number of hydrogen-bond acceptors (Lipinski definition) is 5. The van der Waals surface area contributed by atoms with E-state index >= 15 is 0 Å². The van der Waals surface area contributed by atoms with Gasteiger partial charge >= 0.3 is 0 Å². The van der Waals surface area contributed by atoms with Crippen molar-refractivity contribution >= 4 is 17.2 Å². The topological polar surface area (TPSA) is 58.1 Å². The molecule has 1 aliphatic heterocycles. The Balaban J connectivity index is 1.49. The number of aromatic nitrogens is 2. The first kappa shape index (κ1) is 20.6. The molecule has 1 saturated heterocycles. The Morgan fingerprint density at radius 2 is 2.10 bits per heavy atom. The van der Waals surface area contributed by atoms with Crippen LogP contribution in [0.5, 0.6) is 0 Å². The number of piperidine rings is 1. The minimum Gasteiger partial charge on any atom is -0.341 e. The lowest BCUT2D eigenvalue weighted by atomic mass is 9.90. The van der Waals surface area contributed by atoms with Crippen LogP contribution in [0.4, 0.5) is 8.78 Å². The van der Waals surface area contributed by atoms with E-state index in [-0.39, 0.29) is 17.9 Å². The van der Waals surface area contributed by atoms with Crippen LogP contribution in [0.2, 0.25) is 0 Å². The number of benzene rings is 1. The predicted molar refractivity (Wildman–Crippen MR) is 111 cm³/mol. The molecule has 0 saturated carbocycles. The third kappa shape index (κ3) is 4.88. The van der Waals surface area contributed by atoms with Gasteiger partial charge in [-0.15, -0.1) is 11.3 Å². The monoisotopic (exact) mass is 428 g/mol. The van der Waals surface area contributed by atoms with Gasteiger partial charge in [0.05, 0.1) is 6.04 Å². The van der Waals surface area contributed by atoms with Crippen LogP contribution in [-0.2, 0) is 6.54 Å². The molecule has 1 fully saturated rings. The summed E-state index contributed by atoms with van der Waals surface area (Å²) in [6.45, 7) is 2.13. The summed E-state index contributed by atoms with van der Waals surface area (Å²) in [5.74, 6) is -1.74. The largest absolute Gasteiger partial charge is 0.341 e. The van der Waals surface area contributed by atoms with E-state index in [0.717, 1.165) is 42.6 Å². The second kappa shape index (κ2) is 9.40. The molecule has 30 heavy (non-hydrogen) atoms. The van der Waals surface area contributed by atoms with Crippen LogP contribution in [0.1, 0.15) is 39.9 Å². The smallest absolute Gasteiger partial charge is 0.270 e. The van der Waals surface area contributed by atoms with E-state index in [2.05, 4.69) is 20.2 Å². The quantitative estimate of drug-likeness (QED) is 0.639. The number of pyridine rings is 1. The van der Waals surface area contributed by atoms with Crippen LogP contribution in [0.25, 0.3) is 0 Å². The molecule has 8 heteroatoms. The molecule has 0 bridgehead atoms. The second-order valence-corrected chi connectivity index (χ2v) is 8.35. The minimum atomic E-state index is -0.837. The molecular formula is C22H22F2N4OS. The molecule has 1 N–H and O–H groups in total. The summed E-state index contributed by atoms with van der Waals surface area (Å²) >= 11 is 1.51. The van der Waals surface area contributed by atoms with Gasteiger partial charge in [-0.05, 0) is 55.1 Å².